The second-order valence-corrected chi connectivity index (χ2v) is 6.70. The van der Waals surface area contributed by atoms with E-state index in [0.717, 1.165) is 4.90 Å². The molecule has 1 heterocycles. The number of amides is 1. The number of nitrogens with zero attached hydrogens (tertiary/aromatic N) is 1. The van der Waals surface area contributed by atoms with Crippen molar-refractivity contribution < 1.29 is 27.8 Å². The Bertz CT molecular complexity index is 1070. The molecule has 1 fully saturated rings. The number of carbonyl (C=O) groups is 1. The number of β-lactam (4-membered cyclic amide) rings is 1. The molecule has 1 aliphatic heterocycles. The number of rotatable bonds is 6. The van der Waals surface area contributed by atoms with E-state index in [-0.39, 0.29) is 11.3 Å². The Labute approximate surface area is 172 Å². The summed E-state index contributed by atoms with van der Waals surface area (Å²) < 4.78 is 45.7. The predicted octanol–water partition coefficient (Wildman–Crippen LogP) is 5.22. The molecule has 0 spiro atoms. The van der Waals surface area contributed by atoms with Gasteiger partial charge in [-0.2, -0.15) is 8.78 Å². The maximum absolute atomic E-state index is 14.7. The maximum atomic E-state index is 14.7. The Balaban J connectivity index is 1.75. The smallest absolute Gasteiger partial charge is 0.349 e. The molecule has 3 aromatic carbocycles. The van der Waals surface area contributed by atoms with Crippen LogP contribution in [0.3, 0.4) is 0 Å². The van der Waals surface area contributed by atoms with Gasteiger partial charge in [-0.15, -0.1) is 0 Å². The van der Waals surface area contributed by atoms with Crippen molar-refractivity contribution in [2.75, 3.05) is 19.1 Å². The zero-order valence-electron chi connectivity index (χ0n) is 16.3. The molecule has 0 radical (unpaired) electrons. The first kappa shape index (κ1) is 19.7. The Morgan fingerprint density at radius 1 is 0.833 bits per heavy atom. The number of alkyl halides is 2. The van der Waals surface area contributed by atoms with Gasteiger partial charge in [-0.3, -0.25) is 9.69 Å². The van der Waals surface area contributed by atoms with E-state index in [1.165, 1.54) is 32.4 Å². The zero-order chi connectivity index (χ0) is 21.3. The fourth-order valence-electron chi connectivity index (χ4n) is 3.48. The highest BCUT2D eigenvalue weighted by molar-refractivity contribution is 6.08. The molecule has 5 nitrogen and oxygen atoms in total. The fourth-order valence-corrected chi connectivity index (χ4v) is 3.48. The van der Waals surface area contributed by atoms with E-state index in [2.05, 4.69) is 0 Å². The molecule has 1 unspecified atom stereocenters. The third-order valence-electron chi connectivity index (χ3n) is 4.92. The molecule has 154 valence electrons. The van der Waals surface area contributed by atoms with E-state index in [1.807, 2.05) is 6.07 Å². The van der Waals surface area contributed by atoms with Crippen LogP contribution in [0.4, 0.5) is 14.5 Å². The average Bonchev–Trinajstić information content (AvgIpc) is 2.78. The van der Waals surface area contributed by atoms with Crippen LogP contribution in [0.1, 0.15) is 11.6 Å². The van der Waals surface area contributed by atoms with Gasteiger partial charge in [-0.1, -0.05) is 36.4 Å². The Hall–Kier alpha value is -3.61. The molecule has 0 saturated carbocycles. The van der Waals surface area contributed by atoms with Gasteiger partial charge in [-0.25, -0.2) is 0 Å². The Morgan fingerprint density at radius 3 is 2.20 bits per heavy atom. The molecular weight excluding hydrogens is 392 g/mol. The molecule has 0 N–H and O–H groups in total. The summed E-state index contributed by atoms with van der Waals surface area (Å²) in [6, 6.07) is 18.5. The molecule has 1 amide bonds. The Kier molecular flexibility index (Phi) is 5.03. The maximum Gasteiger partial charge on any atom is 0.349 e. The first-order chi connectivity index (χ1) is 14.5. The van der Waals surface area contributed by atoms with Crippen molar-refractivity contribution in [2.24, 2.45) is 0 Å². The topological polar surface area (TPSA) is 48.0 Å². The third kappa shape index (κ3) is 3.22. The summed E-state index contributed by atoms with van der Waals surface area (Å²) >= 11 is 0. The van der Waals surface area contributed by atoms with Crippen LogP contribution < -0.4 is 19.1 Å². The van der Waals surface area contributed by atoms with Crippen molar-refractivity contribution in [1.82, 2.24) is 0 Å². The lowest BCUT2D eigenvalue weighted by Gasteiger charge is -2.46. The summed E-state index contributed by atoms with van der Waals surface area (Å²) in [7, 11) is 2.88. The molecule has 0 aromatic heterocycles. The number of carbonyl (C=O) groups excluding carboxylic acids is 1. The quantitative estimate of drug-likeness (QED) is 0.522. The van der Waals surface area contributed by atoms with Crippen molar-refractivity contribution in [3.05, 3.63) is 78.4 Å². The van der Waals surface area contributed by atoms with Gasteiger partial charge in [0.15, 0.2) is 17.2 Å². The third-order valence-corrected chi connectivity index (χ3v) is 4.92. The van der Waals surface area contributed by atoms with E-state index in [9.17, 15) is 13.6 Å². The SMILES string of the molecule is COc1ccc(C2N(c3ccccc3Oc3ccccc3)C(=O)C2(F)F)cc1OC. The number of para-hydroxylation sites is 3. The van der Waals surface area contributed by atoms with Crippen LogP contribution >= 0.6 is 0 Å². The Morgan fingerprint density at radius 2 is 1.50 bits per heavy atom. The van der Waals surface area contributed by atoms with Crippen molar-refractivity contribution in [1.29, 1.82) is 0 Å². The highest BCUT2D eigenvalue weighted by Gasteiger charge is 2.65. The minimum atomic E-state index is -3.56. The normalized spacial score (nSPS) is 17.3. The molecule has 0 bridgehead atoms. The number of benzene rings is 3. The van der Waals surface area contributed by atoms with Gasteiger partial charge < -0.3 is 14.2 Å². The highest BCUT2D eigenvalue weighted by atomic mass is 19.3. The minimum Gasteiger partial charge on any atom is -0.493 e. The standard InChI is InChI=1S/C23H19F2NO4/c1-28-19-13-12-15(14-20(19)29-2)21-23(24,25)22(27)26(21)17-10-6-7-11-18(17)30-16-8-4-3-5-9-16/h3-14,21H,1-2H3. The van der Waals surface area contributed by atoms with Crippen molar-refractivity contribution >= 4 is 11.6 Å². The van der Waals surface area contributed by atoms with Gasteiger partial charge in [-0.05, 0) is 42.0 Å². The largest absolute Gasteiger partial charge is 0.493 e. The first-order valence-corrected chi connectivity index (χ1v) is 9.22. The van der Waals surface area contributed by atoms with Crippen LogP contribution in [0.5, 0.6) is 23.0 Å². The number of halogens is 2. The van der Waals surface area contributed by atoms with Gasteiger partial charge in [0.05, 0.1) is 19.9 Å². The first-order valence-electron chi connectivity index (χ1n) is 9.22. The molecule has 1 saturated heterocycles. The van der Waals surface area contributed by atoms with E-state index >= 15 is 0 Å². The second kappa shape index (κ2) is 7.67. The van der Waals surface area contributed by atoms with Gasteiger partial charge >= 0.3 is 11.8 Å². The van der Waals surface area contributed by atoms with Gasteiger partial charge in [0.25, 0.3) is 0 Å². The molecule has 0 aliphatic carbocycles. The van der Waals surface area contributed by atoms with E-state index < -0.39 is 17.9 Å². The summed E-state index contributed by atoms with van der Waals surface area (Å²) in [5.74, 6) is -3.29. The van der Waals surface area contributed by atoms with E-state index in [4.69, 9.17) is 14.2 Å². The number of methoxy groups -OCH3 is 2. The summed E-state index contributed by atoms with van der Waals surface area (Å²) in [5.41, 5.74) is 0.490. The molecule has 7 heteroatoms. The fraction of sp³-hybridized carbons (Fsp3) is 0.174. The van der Waals surface area contributed by atoms with E-state index in [1.54, 1.807) is 48.5 Å². The minimum absolute atomic E-state index is 0.228. The predicted molar refractivity (Wildman–Crippen MR) is 108 cm³/mol. The van der Waals surface area contributed by atoms with Crippen LogP contribution in [0.25, 0.3) is 0 Å². The lowest BCUT2D eigenvalue weighted by Crippen LogP contribution is -2.64. The van der Waals surface area contributed by atoms with Crippen LogP contribution in [0, 0.1) is 0 Å². The van der Waals surface area contributed by atoms with Crippen molar-refractivity contribution in [2.45, 2.75) is 12.0 Å². The zero-order valence-corrected chi connectivity index (χ0v) is 16.3. The molecule has 1 atom stereocenters. The summed E-state index contributed by atoms with van der Waals surface area (Å²) in [5, 5.41) is 0. The monoisotopic (exact) mass is 411 g/mol. The average molecular weight is 411 g/mol. The molecule has 3 aromatic rings. The summed E-state index contributed by atoms with van der Waals surface area (Å²) in [4.78, 5) is 13.5. The number of ether oxygens (including phenoxy) is 3. The molecule has 4 rings (SSSR count). The van der Waals surface area contributed by atoms with Gasteiger partial charge in [0, 0.05) is 0 Å². The van der Waals surface area contributed by atoms with Gasteiger partial charge in [0.2, 0.25) is 0 Å². The van der Waals surface area contributed by atoms with Crippen molar-refractivity contribution in [3.8, 4) is 23.0 Å². The van der Waals surface area contributed by atoms with Crippen molar-refractivity contribution in [3.63, 3.8) is 0 Å². The lowest BCUT2D eigenvalue weighted by molar-refractivity contribution is -0.162. The van der Waals surface area contributed by atoms with Gasteiger partial charge in [0.1, 0.15) is 11.8 Å². The summed E-state index contributed by atoms with van der Waals surface area (Å²) in [6.07, 6.45) is 0. The molecule has 30 heavy (non-hydrogen) atoms. The van der Waals surface area contributed by atoms with E-state index in [0.29, 0.717) is 23.0 Å². The summed E-state index contributed by atoms with van der Waals surface area (Å²) in [6.45, 7) is 0. The van der Waals surface area contributed by atoms with Crippen LogP contribution in [-0.2, 0) is 4.79 Å². The molecular formula is C23H19F2NO4. The van der Waals surface area contributed by atoms with Crippen LogP contribution in [0.15, 0.2) is 72.8 Å². The number of anilines is 1. The second-order valence-electron chi connectivity index (χ2n) is 6.70. The highest BCUT2D eigenvalue weighted by Crippen LogP contribution is 2.52. The van der Waals surface area contributed by atoms with Crippen LogP contribution in [-0.4, -0.2) is 26.0 Å². The number of hydrogen-bond donors (Lipinski definition) is 0. The molecule has 1 aliphatic rings. The lowest BCUT2D eigenvalue weighted by atomic mass is 9.88. The number of hydrogen-bond acceptors (Lipinski definition) is 4. The van der Waals surface area contributed by atoms with Crippen LogP contribution in [0.2, 0.25) is 0 Å².